The van der Waals surface area contributed by atoms with Crippen molar-refractivity contribution in [1.29, 1.82) is 0 Å². The molecule has 0 unspecified atom stereocenters. The number of rotatable bonds is 6. The van der Waals surface area contributed by atoms with Crippen LogP contribution in [0, 0.1) is 5.95 Å². The molecule has 0 radical (unpaired) electrons. The molecule has 212 valence electrons. The van der Waals surface area contributed by atoms with Gasteiger partial charge in [-0.25, -0.2) is 14.5 Å². The molecule has 1 aliphatic heterocycles. The first-order chi connectivity index (χ1) is 19.9. The highest BCUT2D eigenvalue weighted by molar-refractivity contribution is 6.30. The number of imidazole rings is 1. The number of methoxy groups -OCH3 is 1. The maximum absolute atomic E-state index is 15.2. The normalized spacial score (nSPS) is 15.6. The number of aromatic nitrogens is 6. The molecule has 2 amide bonds. The van der Waals surface area contributed by atoms with Crippen LogP contribution in [0.15, 0.2) is 47.7 Å². The Morgan fingerprint density at radius 2 is 2.10 bits per heavy atom. The third-order valence-corrected chi connectivity index (χ3v) is 6.83. The van der Waals surface area contributed by atoms with Crippen LogP contribution < -0.4 is 10.6 Å². The molecule has 2 bridgehead atoms. The Kier molecular flexibility index (Phi) is 8.63. The fraction of sp³-hybridized carbons (Fsp3) is 0.296. The molecule has 2 aromatic carbocycles. The number of benzene rings is 2. The number of nitrogens with one attached hydrogen (secondary N) is 3. The van der Waals surface area contributed by atoms with Crippen molar-refractivity contribution in [2.24, 2.45) is 4.99 Å². The smallest absolute Gasteiger partial charge is 0.411 e. The largest absolute Gasteiger partial charge is 0.453 e. The number of hydrogen-bond donors (Lipinski definition) is 3. The Bertz CT molecular complexity index is 1570. The first kappa shape index (κ1) is 27.9. The molecular weight excluding hydrogens is 553 g/mol. The second kappa shape index (κ2) is 12.7. The van der Waals surface area contributed by atoms with E-state index in [0.29, 0.717) is 47.0 Å². The van der Waals surface area contributed by atoms with Gasteiger partial charge in [-0.2, -0.15) is 4.39 Å². The number of aliphatic imine (C=N–C) groups is 1. The third-order valence-electron chi connectivity index (χ3n) is 6.59. The molecule has 0 spiro atoms. The van der Waals surface area contributed by atoms with Crippen LogP contribution in [0.4, 0.5) is 20.6 Å². The van der Waals surface area contributed by atoms with Crippen LogP contribution in [0.1, 0.15) is 49.5 Å². The van der Waals surface area contributed by atoms with Gasteiger partial charge in [-0.1, -0.05) is 18.0 Å². The minimum Gasteiger partial charge on any atom is -0.453 e. The summed E-state index contributed by atoms with van der Waals surface area (Å²) in [5, 5.41) is 17.4. The van der Waals surface area contributed by atoms with Crippen LogP contribution in [0.25, 0.3) is 16.9 Å². The van der Waals surface area contributed by atoms with Gasteiger partial charge in [0.2, 0.25) is 11.9 Å². The molecule has 4 aromatic rings. The highest BCUT2D eigenvalue weighted by Gasteiger charge is 2.23. The van der Waals surface area contributed by atoms with Gasteiger partial charge < -0.3 is 15.0 Å². The lowest BCUT2D eigenvalue weighted by molar-refractivity contribution is -0.121. The van der Waals surface area contributed by atoms with E-state index in [9.17, 15) is 9.59 Å². The summed E-state index contributed by atoms with van der Waals surface area (Å²) in [6.45, 7) is 0. The number of ether oxygens (including phenoxy) is 1. The van der Waals surface area contributed by atoms with Crippen molar-refractivity contribution in [3.05, 3.63) is 65.1 Å². The average molecular weight is 580 g/mol. The molecule has 41 heavy (non-hydrogen) atoms. The Morgan fingerprint density at radius 1 is 1.22 bits per heavy atom. The number of anilines is 1. The minimum absolute atomic E-state index is 0.0709. The van der Waals surface area contributed by atoms with Crippen molar-refractivity contribution in [3.8, 4) is 16.9 Å². The summed E-state index contributed by atoms with van der Waals surface area (Å²) in [5.41, 5.74) is 2.93. The minimum atomic E-state index is -0.645. The van der Waals surface area contributed by atoms with E-state index in [2.05, 4.69) is 45.9 Å². The van der Waals surface area contributed by atoms with Gasteiger partial charge in [0.1, 0.15) is 17.8 Å². The van der Waals surface area contributed by atoms with E-state index in [-0.39, 0.29) is 18.0 Å². The zero-order valence-electron chi connectivity index (χ0n) is 22.1. The van der Waals surface area contributed by atoms with Gasteiger partial charge in [-0.15, -0.1) is 5.10 Å². The van der Waals surface area contributed by atoms with E-state index in [1.807, 2.05) is 0 Å². The Balaban J connectivity index is 1.35. The summed E-state index contributed by atoms with van der Waals surface area (Å²) in [6.07, 6.45) is 5.96. The number of halogens is 2. The fourth-order valence-electron chi connectivity index (χ4n) is 4.59. The molecule has 3 N–H and O–H groups in total. The van der Waals surface area contributed by atoms with E-state index in [0.717, 1.165) is 24.1 Å². The predicted molar refractivity (Wildman–Crippen MR) is 150 cm³/mol. The van der Waals surface area contributed by atoms with Crippen molar-refractivity contribution in [1.82, 2.24) is 35.5 Å². The lowest BCUT2D eigenvalue weighted by atomic mass is 10.0. The molecule has 0 saturated heterocycles. The second-order valence-corrected chi connectivity index (χ2v) is 9.81. The maximum atomic E-state index is 15.2. The summed E-state index contributed by atoms with van der Waals surface area (Å²) < 4.78 is 21.4. The van der Waals surface area contributed by atoms with E-state index >= 15 is 4.39 Å². The van der Waals surface area contributed by atoms with Crippen LogP contribution in [0.2, 0.25) is 5.02 Å². The number of tetrazole rings is 1. The van der Waals surface area contributed by atoms with Crippen molar-refractivity contribution in [2.45, 2.75) is 44.6 Å². The van der Waals surface area contributed by atoms with E-state index in [1.54, 1.807) is 42.6 Å². The molecule has 1 atom stereocenters. The monoisotopic (exact) mass is 579 g/mol. The first-order valence-corrected chi connectivity index (χ1v) is 13.4. The Morgan fingerprint density at radius 3 is 2.90 bits per heavy atom. The molecule has 1 aliphatic rings. The molecule has 14 heteroatoms. The Labute approximate surface area is 239 Å². The van der Waals surface area contributed by atoms with Crippen molar-refractivity contribution in [2.75, 3.05) is 12.4 Å². The summed E-state index contributed by atoms with van der Waals surface area (Å²) in [4.78, 5) is 36.5. The number of H-pyrrole nitrogens is 1. The van der Waals surface area contributed by atoms with Crippen LogP contribution >= 0.6 is 11.6 Å². The highest BCUT2D eigenvalue weighted by atomic mass is 35.5. The van der Waals surface area contributed by atoms with E-state index in [1.165, 1.54) is 18.1 Å². The zero-order valence-corrected chi connectivity index (χ0v) is 22.9. The molecule has 0 saturated carbocycles. The zero-order chi connectivity index (χ0) is 28.8. The standard InChI is InChI=1S/C27H27ClFN9O3/c1-41-27(40)32-18-8-9-19-21(14-18)30-12-4-2-3-5-20(26-34-24(19)25(29)35-26)33-23(39)11-6-16-13-17(28)7-10-22(16)38-15-31-36-37-38/h7-10,12-15,20H,2-6,11H2,1H3,(H,32,40)(H,33,39)(H,34,35)/b30-12+/t20-/m0/s1. The lowest BCUT2D eigenvalue weighted by Gasteiger charge is -2.17. The van der Waals surface area contributed by atoms with Crippen molar-refractivity contribution < 1.29 is 18.7 Å². The second-order valence-electron chi connectivity index (χ2n) is 9.38. The van der Waals surface area contributed by atoms with Crippen LogP contribution in [-0.4, -0.2) is 55.5 Å². The average Bonchev–Trinajstić information content (AvgIpc) is 3.63. The van der Waals surface area contributed by atoms with Gasteiger partial charge in [-0.3, -0.25) is 15.1 Å². The third kappa shape index (κ3) is 6.74. The van der Waals surface area contributed by atoms with Gasteiger partial charge in [0, 0.05) is 28.9 Å². The van der Waals surface area contributed by atoms with Gasteiger partial charge in [-0.05, 0) is 78.1 Å². The van der Waals surface area contributed by atoms with Crippen LogP contribution in [-0.2, 0) is 16.0 Å². The molecule has 3 heterocycles. The van der Waals surface area contributed by atoms with Crippen molar-refractivity contribution >= 4 is 41.2 Å². The number of fused-ring (bicyclic) bond motifs is 4. The predicted octanol–water partition coefficient (Wildman–Crippen LogP) is 5.09. The number of nitrogens with zero attached hydrogens (tertiary/aromatic N) is 6. The summed E-state index contributed by atoms with van der Waals surface area (Å²) >= 11 is 6.21. The first-order valence-electron chi connectivity index (χ1n) is 13.0. The number of hydrogen-bond acceptors (Lipinski definition) is 8. The number of carbonyl (C=O) groups excluding carboxylic acids is 2. The number of carbonyl (C=O) groups is 2. The molecule has 0 aliphatic carbocycles. The maximum Gasteiger partial charge on any atom is 0.411 e. The van der Waals surface area contributed by atoms with Crippen molar-refractivity contribution in [3.63, 3.8) is 0 Å². The summed E-state index contributed by atoms with van der Waals surface area (Å²) in [6, 6.07) is 9.65. The molecule has 12 nitrogen and oxygen atoms in total. The lowest BCUT2D eigenvalue weighted by Crippen LogP contribution is -2.29. The van der Waals surface area contributed by atoms with Gasteiger partial charge in [0.05, 0.1) is 24.5 Å². The van der Waals surface area contributed by atoms with E-state index in [4.69, 9.17) is 11.6 Å². The SMILES string of the molecule is COC(=O)Nc1ccc2c(c1)/N=C/CCCC[C@H](NC(=O)CCc1cc(Cl)ccc1-n1cnnn1)c1nc-2c(F)[nH]1. The number of aromatic amines is 1. The Hall–Kier alpha value is -4.65. The number of amides is 2. The molecule has 0 fully saturated rings. The summed E-state index contributed by atoms with van der Waals surface area (Å²) in [5.74, 6) is -0.549. The number of aryl methyl sites for hydroxylation is 1. The molecular formula is C27H27ClFN9O3. The van der Waals surface area contributed by atoms with Gasteiger partial charge in [0.15, 0.2) is 0 Å². The van der Waals surface area contributed by atoms with Crippen LogP contribution in [0.3, 0.4) is 0 Å². The summed E-state index contributed by atoms with van der Waals surface area (Å²) in [7, 11) is 1.27. The van der Waals surface area contributed by atoms with Crippen LogP contribution in [0.5, 0.6) is 0 Å². The quantitative estimate of drug-likeness (QED) is 0.288. The van der Waals surface area contributed by atoms with Gasteiger partial charge >= 0.3 is 6.09 Å². The van der Waals surface area contributed by atoms with E-state index < -0.39 is 18.1 Å². The molecule has 5 rings (SSSR count). The molecule has 2 aromatic heterocycles. The fourth-order valence-corrected chi connectivity index (χ4v) is 4.78. The topological polar surface area (TPSA) is 152 Å². The highest BCUT2D eigenvalue weighted by Crippen LogP contribution is 2.35. The van der Waals surface area contributed by atoms with Gasteiger partial charge in [0.25, 0.3) is 0 Å².